The molecule has 2 amide bonds. The number of nitrogens with two attached hydrogens (primary N) is 1. The molecular formula is C13H20N4O4. The van der Waals surface area contributed by atoms with E-state index in [1.807, 2.05) is 0 Å². The van der Waals surface area contributed by atoms with Crippen molar-refractivity contribution in [2.45, 2.75) is 37.8 Å². The predicted molar refractivity (Wildman–Crippen MR) is 72.6 cm³/mol. The van der Waals surface area contributed by atoms with E-state index in [2.05, 4.69) is 10.5 Å². The molecule has 0 aromatic heterocycles. The maximum absolute atomic E-state index is 12.7. The number of hydrogen-bond donors (Lipinski definition) is 3. The van der Waals surface area contributed by atoms with E-state index in [9.17, 15) is 9.59 Å². The van der Waals surface area contributed by atoms with Crippen molar-refractivity contribution in [1.29, 1.82) is 0 Å². The van der Waals surface area contributed by atoms with Gasteiger partial charge in [-0.15, -0.1) is 0 Å². The molecule has 8 heteroatoms. The molecule has 3 rings (SSSR count). The summed E-state index contributed by atoms with van der Waals surface area (Å²) in [5.41, 5.74) is 4.73. The van der Waals surface area contributed by atoms with Crippen molar-refractivity contribution < 1.29 is 19.5 Å². The number of rotatable bonds is 4. The molecule has 1 saturated heterocycles. The lowest BCUT2D eigenvalue weighted by Crippen LogP contribution is -2.59. The third-order valence-electron chi connectivity index (χ3n) is 4.37. The summed E-state index contributed by atoms with van der Waals surface area (Å²) in [6.07, 6.45) is 3.08. The second-order valence-corrected chi connectivity index (χ2v) is 5.94. The summed E-state index contributed by atoms with van der Waals surface area (Å²) in [6, 6.07) is -0.397. The Hall–Kier alpha value is -1.83. The Morgan fingerprint density at radius 1 is 1.38 bits per heavy atom. The maximum atomic E-state index is 12.7. The van der Waals surface area contributed by atoms with Gasteiger partial charge in [-0.05, 0) is 25.7 Å². The molecule has 0 spiro atoms. The summed E-state index contributed by atoms with van der Waals surface area (Å²) in [6.45, 7) is 0.934. The Kier molecular flexibility index (Phi) is 3.48. The number of ether oxygens (including phenoxy) is 1. The number of nitrogens with one attached hydrogen (secondary N) is 1. The third-order valence-corrected chi connectivity index (χ3v) is 4.37. The van der Waals surface area contributed by atoms with Gasteiger partial charge in [-0.3, -0.25) is 9.59 Å². The molecule has 116 valence electrons. The molecule has 0 aromatic carbocycles. The van der Waals surface area contributed by atoms with Gasteiger partial charge in [-0.25, -0.2) is 0 Å². The Labute approximate surface area is 122 Å². The molecule has 0 bridgehead atoms. The van der Waals surface area contributed by atoms with Crippen LogP contribution in [-0.4, -0.2) is 59.6 Å². The van der Waals surface area contributed by atoms with Crippen LogP contribution in [0.15, 0.2) is 5.16 Å². The molecule has 3 fully saturated rings. The smallest absolute Gasteiger partial charge is 0.245 e. The number of carbonyl (C=O) groups excluding carboxylic acids is 2. The van der Waals surface area contributed by atoms with Crippen LogP contribution in [0.25, 0.3) is 0 Å². The van der Waals surface area contributed by atoms with E-state index in [-0.39, 0.29) is 30.3 Å². The monoisotopic (exact) mass is 296 g/mol. The molecule has 0 radical (unpaired) electrons. The lowest BCUT2D eigenvalue weighted by Gasteiger charge is -2.36. The molecule has 1 unspecified atom stereocenters. The van der Waals surface area contributed by atoms with E-state index in [1.54, 1.807) is 0 Å². The molecule has 8 nitrogen and oxygen atoms in total. The average Bonchev–Trinajstić information content (AvgIpc) is 3.40. The van der Waals surface area contributed by atoms with E-state index in [0.717, 1.165) is 12.8 Å². The van der Waals surface area contributed by atoms with E-state index in [4.69, 9.17) is 15.7 Å². The highest BCUT2D eigenvalue weighted by Crippen LogP contribution is 2.47. The highest BCUT2D eigenvalue weighted by Gasteiger charge is 2.57. The van der Waals surface area contributed by atoms with Gasteiger partial charge in [0, 0.05) is 12.6 Å². The van der Waals surface area contributed by atoms with E-state index in [0.29, 0.717) is 26.0 Å². The fourth-order valence-corrected chi connectivity index (χ4v) is 2.66. The van der Waals surface area contributed by atoms with Crippen LogP contribution in [0.5, 0.6) is 0 Å². The van der Waals surface area contributed by atoms with Gasteiger partial charge in [-0.1, -0.05) is 5.16 Å². The molecule has 1 heterocycles. The molecular weight excluding hydrogens is 276 g/mol. The Morgan fingerprint density at radius 2 is 2.10 bits per heavy atom. The van der Waals surface area contributed by atoms with Gasteiger partial charge >= 0.3 is 0 Å². The molecule has 0 aromatic rings. The van der Waals surface area contributed by atoms with Crippen LogP contribution < -0.4 is 11.1 Å². The first-order valence-electron chi connectivity index (χ1n) is 7.26. The number of oxime groups is 1. The summed E-state index contributed by atoms with van der Waals surface area (Å²) in [7, 11) is 0. The lowest BCUT2D eigenvalue weighted by molar-refractivity contribution is -0.151. The number of carbonyl (C=O) groups is 2. The summed E-state index contributed by atoms with van der Waals surface area (Å²) in [4.78, 5) is 26.5. The standard InChI is InChI=1S/C13H20N4O4/c14-11(16-20)13(3-4-13)12(19)17-5-6-21-7-9(17)10(18)15-8-1-2-8/h8-9,20H,1-7H2,(H2,14,16)(H,15,18). The lowest BCUT2D eigenvalue weighted by atomic mass is 10.0. The zero-order chi connectivity index (χ0) is 15.0. The number of hydrogen-bond acceptors (Lipinski definition) is 5. The first-order chi connectivity index (χ1) is 10.1. The summed E-state index contributed by atoms with van der Waals surface area (Å²) < 4.78 is 5.34. The van der Waals surface area contributed by atoms with Gasteiger partial charge < -0.3 is 25.9 Å². The number of amides is 2. The van der Waals surface area contributed by atoms with Crippen LogP contribution in [0.3, 0.4) is 0 Å². The predicted octanol–water partition coefficient (Wildman–Crippen LogP) is -0.981. The number of nitrogens with zero attached hydrogens (tertiary/aromatic N) is 2. The second-order valence-electron chi connectivity index (χ2n) is 5.94. The molecule has 21 heavy (non-hydrogen) atoms. The minimum absolute atomic E-state index is 0.0691. The van der Waals surface area contributed by atoms with Crippen molar-refractivity contribution in [2.75, 3.05) is 19.8 Å². The second kappa shape index (κ2) is 5.18. The highest BCUT2D eigenvalue weighted by atomic mass is 16.5. The van der Waals surface area contributed by atoms with Crippen molar-refractivity contribution in [3.63, 3.8) is 0 Å². The van der Waals surface area contributed by atoms with Crippen LogP contribution in [0.2, 0.25) is 0 Å². The largest absolute Gasteiger partial charge is 0.409 e. The van der Waals surface area contributed by atoms with Gasteiger partial charge in [0.25, 0.3) is 0 Å². The fourth-order valence-electron chi connectivity index (χ4n) is 2.66. The van der Waals surface area contributed by atoms with E-state index < -0.39 is 11.5 Å². The van der Waals surface area contributed by atoms with Gasteiger partial charge in [0.2, 0.25) is 11.8 Å². The highest BCUT2D eigenvalue weighted by molar-refractivity contribution is 6.10. The molecule has 3 aliphatic rings. The molecule has 1 atom stereocenters. The van der Waals surface area contributed by atoms with Crippen molar-refractivity contribution in [2.24, 2.45) is 16.3 Å². The Morgan fingerprint density at radius 3 is 2.67 bits per heavy atom. The average molecular weight is 296 g/mol. The molecule has 4 N–H and O–H groups in total. The Bertz CT molecular complexity index is 485. The zero-order valence-electron chi connectivity index (χ0n) is 11.7. The minimum Gasteiger partial charge on any atom is -0.409 e. The number of morpholine rings is 1. The van der Waals surface area contributed by atoms with Gasteiger partial charge in [-0.2, -0.15) is 0 Å². The van der Waals surface area contributed by atoms with Crippen molar-refractivity contribution in [3.05, 3.63) is 0 Å². The van der Waals surface area contributed by atoms with Crippen molar-refractivity contribution in [3.8, 4) is 0 Å². The van der Waals surface area contributed by atoms with E-state index >= 15 is 0 Å². The van der Waals surface area contributed by atoms with Crippen LogP contribution in [0.4, 0.5) is 0 Å². The van der Waals surface area contributed by atoms with Gasteiger partial charge in [0.1, 0.15) is 11.5 Å². The SMILES string of the molecule is NC(=NO)C1(C(=O)N2CCOCC2C(=O)NC2CC2)CC1. The topological polar surface area (TPSA) is 117 Å². The molecule has 2 saturated carbocycles. The normalized spacial score (nSPS) is 28.1. The first kappa shape index (κ1) is 14.1. The van der Waals surface area contributed by atoms with Crippen LogP contribution in [-0.2, 0) is 14.3 Å². The maximum Gasteiger partial charge on any atom is 0.245 e. The number of amidine groups is 1. The Balaban J connectivity index is 1.74. The van der Waals surface area contributed by atoms with Crippen LogP contribution in [0.1, 0.15) is 25.7 Å². The first-order valence-corrected chi connectivity index (χ1v) is 7.26. The van der Waals surface area contributed by atoms with Crippen molar-refractivity contribution in [1.82, 2.24) is 10.2 Å². The van der Waals surface area contributed by atoms with Crippen LogP contribution in [0, 0.1) is 5.41 Å². The van der Waals surface area contributed by atoms with Crippen LogP contribution >= 0.6 is 0 Å². The fraction of sp³-hybridized carbons (Fsp3) is 0.769. The summed E-state index contributed by atoms with van der Waals surface area (Å²) in [5.74, 6) is -0.488. The molecule has 1 aliphatic heterocycles. The zero-order valence-corrected chi connectivity index (χ0v) is 11.7. The van der Waals surface area contributed by atoms with Crippen molar-refractivity contribution >= 4 is 17.6 Å². The minimum atomic E-state index is -0.926. The molecule has 2 aliphatic carbocycles. The van der Waals surface area contributed by atoms with Gasteiger partial charge in [0.05, 0.1) is 13.2 Å². The van der Waals surface area contributed by atoms with Gasteiger partial charge in [0.15, 0.2) is 5.84 Å². The summed E-state index contributed by atoms with van der Waals surface area (Å²) in [5, 5.41) is 14.7. The van der Waals surface area contributed by atoms with E-state index in [1.165, 1.54) is 4.90 Å². The summed E-state index contributed by atoms with van der Waals surface area (Å²) >= 11 is 0. The quantitative estimate of drug-likeness (QED) is 0.267. The third kappa shape index (κ3) is 2.55.